The molecule has 1 aliphatic heterocycles. The smallest absolute Gasteiger partial charge is 0.320 e. The van der Waals surface area contributed by atoms with Crippen molar-refractivity contribution in [3.05, 3.63) is 0 Å². The van der Waals surface area contributed by atoms with Gasteiger partial charge in [0.05, 0.1) is 0 Å². The van der Waals surface area contributed by atoms with E-state index < -0.39 is 5.97 Å². The number of carboxylic acids is 1. The quantitative estimate of drug-likeness (QED) is 0.650. The van der Waals surface area contributed by atoms with E-state index in [2.05, 4.69) is 26.1 Å². The van der Waals surface area contributed by atoms with E-state index in [-0.39, 0.29) is 11.5 Å². The maximum absolute atomic E-state index is 10.8. The monoisotopic (exact) mass is 185 g/mol. The molecule has 0 saturated carbocycles. The first-order valence-corrected chi connectivity index (χ1v) is 4.87. The minimum Gasteiger partial charge on any atom is -0.480 e. The van der Waals surface area contributed by atoms with Gasteiger partial charge in [-0.25, -0.2) is 0 Å². The van der Waals surface area contributed by atoms with Crippen molar-refractivity contribution >= 4 is 5.97 Å². The fourth-order valence-corrected chi connectivity index (χ4v) is 1.89. The molecule has 1 heterocycles. The fourth-order valence-electron chi connectivity index (χ4n) is 1.89. The molecule has 13 heavy (non-hydrogen) atoms. The second-order valence-corrected chi connectivity index (χ2v) is 4.93. The first-order chi connectivity index (χ1) is 5.91. The van der Waals surface area contributed by atoms with Crippen LogP contribution >= 0.6 is 0 Å². The summed E-state index contributed by atoms with van der Waals surface area (Å²) in [6, 6.07) is -0.335. The predicted octanol–water partition coefficient (Wildman–Crippen LogP) is 1.49. The molecule has 0 amide bonds. The molecule has 0 aliphatic carbocycles. The van der Waals surface area contributed by atoms with Gasteiger partial charge in [-0.3, -0.25) is 4.79 Å². The van der Waals surface area contributed by atoms with Crippen molar-refractivity contribution in [1.82, 2.24) is 5.32 Å². The Balaban J connectivity index is 2.57. The Morgan fingerprint density at radius 3 is 2.54 bits per heavy atom. The summed E-state index contributed by atoms with van der Waals surface area (Å²) in [5.41, 5.74) is 0.232. The van der Waals surface area contributed by atoms with Crippen LogP contribution in [0.5, 0.6) is 0 Å². The minimum absolute atomic E-state index is 0.232. The second kappa shape index (κ2) is 3.66. The van der Waals surface area contributed by atoms with Gasteiger partial charge in [0.1, 0.15) is 6.04 Å². The van der Waals surface area contributed by atoms with Gasteiger partial charge in [0.2, 0.25) is 0 Å². The summed E-state index contributed by atoms with van der Waals surface area (Å²) in [5, 5.41) is 11.9. The molecular weight excluding hydrogens is 166 g/mol. The Morgan fingerprint density at radius 2 is 2.08 bits per heavy atom. The van der Waals surface area contributed by atoms with Crippen molar-refractivity contribution in [2.45, 2.75) is 39.7 Å². The van der Waals surface area contributed by atoms with Gasteiger partial charge in [0, 0.05) is 0 Å². The van der Waals surface area contributed by atoms with E-state index in [4.69, 9.17) is 5.11 Å². The number of hydrogen-bond donors (Lipinski definition) is 2. The Hall–Kier alpha value is -0.570. The van der Waals surface area contributed by atoms with Crippen LogP contribution in [0.2, 0.25) is 0 Å². The molecule has 0 spiro atoms. The molecular formula is C10H19NO2. The fraction of sp³-hybridized carbons (Fsp3) is 0.900. The lowest BCUT2D eigenvalue weighted by Gasteiger charge is -2.36. The molecule has 76 valence electrons. The van der Waals surface area contributed by atoms with E-state index in [1.807, 2.05) is 0 Å². The number of nitrogens with one attached hydrogen (secondary N) is 1. The Morgan fingerprint density at radius 1 is 1.46 bits per heavy atom. The van der Waals surface area contributed by atoms with E-state index >= 15 is 0 Å². The highest BCUT2D eigenvalue weighted by atomic mass is 16.4. The maximum atomic E-state index is 10.8. The molecule has 0 aromatic rings. The zero-order valence-electron chi connectivity index (χ0n) is 8.63. The number of hydrogen-bond acceptors (Lipinski definition) is 2. The van der Waals surface area contributed by atoms with Crippen LogP contribution in [0.15, 0.2) is 0 Å². The predicted molar refractivity (Wildman–Crippen MR) is 51.6 cm³/mol. The summed E-state index contributed by atoms with van der Waals surface area (Å²) in [6.45, 7) is 7.38. The first kappa shape index (κ1) is 10.5. The third kappa shape index (κ3) is 2.69. The standard InChI is InChI=1S/C10H19NO2/c1-10(2,3)7-4-5-11-8(6-7)9(12)13/h7-8,11H,4-6H2,1-3H3,(H,12,13)/t7-,8-/m0/s1. The summed E-state index contributed by atoms with van der Waals surface area (Å²) in [7, 11) is 0. The van der Waals surface area contributed by atoms with Gasteiger partial charge < -0.3 is 10.4 Å². The van der Waals surface area contributed by atoms with Gasteiger partial charge in [-0.15, -0.1) is 0 Å². The van der Waals surface area contributed by atoms with E-state index in [0.29, 0.717) is 5.92 Å². The average Bonchev–Trinajstić information content (AvgIpc) is 2.03. The molecule has 0 aromatic carbocycles. The molecule has 3 heteroatoms. The zero-order valence-corrected chi connectivity index (χ0v) is 8.63. The number of aliphatic carboxylic acids is 1. The summed E-state index contributed by atoms with van der Waals surface area (Å²) in [4.78, 5) is 10.8. The third-order valence-corrected chi connectivity index (χ3v) is 2.93. The molecule has 0 aromatic heterocycles. The van der Waals surface area contributed by atoms with Crippen LogP contribution in [-0.4, -0.2) is 23.7 Å². The van der Waals surface area contributed by atoms with Crippen molar-refractivity contribution in [2.24, 2.45) is 11.3 Å². The maximum Gasteiger partial charge on any atom is 0.320 e. The van der Waals surface area contributed by atoms with Crippen LogP contribution in [0.4, 0.5) is 0 Å². The number of carbonyl (C=O) groups is 1. The van der Waals surface area contributed by atoms with E-state index in [1.165, 1.54) is 0 Å². The number of piperidine rings is 1. The normalized spacial score (nSPS) is 30.1. The highest BCUT2D eigenvalue weighted by Crippen LogP contribution is 2.34. The lowest BCUT2D eigenvalue weighted by Crippen LogP contribution is -2.46. The summed E-state index contributed by atoms with van der Waals surface area (Å²) in [5.74, 6) is -0.191. The zero-order chi connectivity index (χ0) is 10.1. The SMILES string of the molecule is CC(C)(C)[C@H]1CCN[C@H](C(=O)O)C1. The Labute approximate surface area is 79.5 Å². The molecule has 0 radical (unpaired) electrons. The first-order valence-electron chi connectivity index (χ1n) is 4.87. The van der Waals surface area contributed by atoms with Gasteiger partial charge in [0.25, 0.3) is 0 Å². The number of carboxylic acid groups (broad SMARTS) is 1. The molecule has 3 nitrogen and oxygen atoms in total. The second-order valence-electron chi connectivity index (χ2n) is 4.93. The lowest BCUT2D eigenvalue weighted by molar-refractivity contribution is -0.140. The van der Waals surface area contributed by atoms with Gasteiger partial charge >= 0.3 is 5.97 Å². The molecule has 1 saturated heterocycles. The van der Waals surface area contributed by atoms with Crippen LogP contribution in [0.3, 0.4) is 0 Å². The van der Waals surface area contributed by atoms with Gasteiger partial charge in [-0.2, -0.15) is 0 Å². The third-order valence-electron chi connectivity index (χ3n) is 2.93. The van der Waals surface area contributed by atoms with Crippen LogP contribution in [-0.2, 0) is 4.79 Å². The molecule has 1 rings (SSSR count). The van der Waals surface area contributed by atoms with Crippen molar-refractivity contribution in [2.75, 3.05) is 6.54 Å². The summed E-state index contributed by atoms with van der Waals surface area (Å²) >= 11 is 0. The lowest BCUT2D eigenvalue weighted by atomic mass is 9.74. The van der Waals surface area contributed by atoms with Crippen LogP contribution in [0, 0.1) is 11.3 Å². The molecule has 1 fully saturated rings. The largest absolute Gasteiger partial charge is 0.480 e. The van der Waals surface area contributed by atoms with E-state index in [0.717, 1.165) is 19.4 Å². The highest BCUT2D eigenvalue weighted by Gasteiger charge is 2.33. The van der Waals surface area contributed by atoms with Crippen molar-refractivity contribution in [1.29, 1.82) is 0 Å². The van der Waals surface area contributed by atoms with Crippen LogP contribution in [0.25, 0.3) is 0 Å². The van der Waals surface area contributed by atoms with Crippen LogP contribution < -0.4 is 5.32 Å². The van der Waals surface area contributed by atoms with Crippen molar-refractivity contribution < 1.29 is 9.90 Å². The van der Waals surface area contributed by atoms with Crippen molar-refractivity contribution in [3.63, 3.8) is 0 Å². The summed E-state index contributed by atoms with van der Waals surface area (Å²) in [6.07, 6.45) is 1.85. The molecule has 2 N–H and O–H groups in total. The summed E-state index contributed by atoms with van der Waals surface area (Å²) < 4.78 is 0. The molecule has 1 aliphatic rings. The minimum atomic E-state index is -0.714. The van der Waals surface area contributed by atoms with E-state index in [9.17, 15) is 4.79 Å². The van der Waals surface area contributed by atoms with Crippen molar-refractivity contribution in [3.8, 4) is 0 Å². The van der Waals surface area contributed by atoms with Crippen LogP contribution in [0.1, 0.15) is 33.6 Å². The molecule has 2 atom stereocenters. The number of rotatable bonds is 1. The molecule has 0 unspecified atom stereocenters. The van der Waals surface area contributed by atoms with Gasteiger partial charge in [0.15, 0.2) is 0 Å². The molecule has 0 bridgehead atoms. The van der Waals surface area contributed by atoms with E-state index in [1.54, 1.807) is 0 Å². The topological polar surface area (TPSA) is 49.3 Å². The average molecular weight is 185 g/mol. The van der Waals surface area contributed by atoms with Gasteiger partial charge in [-0.1, -0.05) is 20.8 Å². The highest BCUT2D eigenvalue weighted by molar-refractivity contribution is 5.73. The Kier molecular flexibility index (Phi) is 2.96. The Bertz CT molecular complexity index is 196. The van der Waals surface area contributed by atoms with Gasteiger partial charge in [-0.05, 0) is 30.7 Å².